The molecule has 0 aromatic carbocycles. The molecule has 2 aliphatic rings. The second-order valence-electron chi connectivity index (χ2n) is 5.91. The molecule has 0 radical (unpaired) electrons. The number of hydrogen-bond acceptors (Lipinski definition) is 0. The molecule has 0 heterocycles. The summed E-state index contributed by atoms with van der Waals surface area (Å²) in [5.41, 5.74) is 2.59. The SMILES string of the molecule is C[SiH](C)[SiH](C1CCCC1)C1CCCC1. The Bertz CT molecular complexity index is 151. The first-order chi connectivity index (χ1) is 6.79. The van der Waals surface area contributed by atoms with Crippen LogP contribution in [0.5, 0.6) is 0 Å². The summed E-state index contributed by atoms with van der Waals surface area (Å²) in [6.07, 6.45) is 12.8. The van der Waals surface area contributed by atoms with Gasteiger partial charge in [-0.15, -0.1) is 0 Å². The summed E-state index contributed by atoms with van der Waals surface area (Å²) in [6, 6.07) is 0. The summed E-state index contributed by atoms with van der Waals surface area (Å²) in [5.74, 6) is 0. The van der Waals surface area contributed by atoms with Gasteiger partial charge in [-0.2, -0.15) is 0 Å². The van der Waals surface area contributed by atoms with Gasteiger partial charge in [0.1, 0.15) is 0 Å². The van der Waals surface area contributed by atoms with E-state index in [-0.39, 0.29) is 16.6 Å². The molecule has 2 fully saturated rings. The van der Waals surface area contributed by atoms with Gasteiger partial charge in [0.25, 0.3) is 0 Å². The number of rotatable bonds is 3. The Hall–Kier alpha value is 0.434. The molecule has 0 N–H and O–H groups in total. The van der Waals surface area contributed by atoms with E-state index in [1.54, 1.807) is 51.4 Å². The van der Waals surface area contributed by atoms with Gasteiger partial charge in [-0.05, 0) is 11.1 Å². The van der Waals surface area contributed by atoms with E-state index in [9.17, 15) is 0 Å². The summed E-state index contributed by atoms with van der Waals surface area (Å²) in [5, 5.41) is 0. The zero-order chi connectivity index (χ0) is 9.97. The van der Waals surface area contributed by atoms with Crippen LogP contribution in [0.25, 0.3) is 0 Å². The fourth-order valence-electron chi connectivity index (χ4n) is 4.16. The van der Waals surface area contributed by atoms with Crippen LogP contribution in [0.2, 0.25) is 24.2 Å². The highest BCUT2D eigenvalue weighted by atomic mass is 29.2. The molecule has 2 rings (SSSR count). The fraction of sp³-hybridized carbons (Fsp3) is 1.00. The van der Waals surface area contributed by atoms with E-state index < -0.39 is 0 Å². The van der Waals surface area contributed by atoms with Crippen molar-refractivity contribution in [2.75, 3.05) is 0 Å². The first-order valence-corrected chi connectivity index (χ1v) is 13.1. The molecule has 0 atom stereocenters. The van der Waals surface area contributed by atoms with Gasteiger partial charge in [-0.3, -0.25) is 0 Å². The molecule has 0 nitrogen and oxygen atoms in total. The zero-order valence-electron chi connectivity index (χ0n) is 9.97. The van der Waals surface area contributed by atoms with Crippen molar-refractivity contribution < 1.29 is 0 Å². The highest BCUT2D eigenvalue weighted by molar-refractivity contribution is 7.22. The van der Waals surface area contributed by atoms with E-state index in [1.807, 2.05) is 0 Å². The van der Waals surface area contributed by atoms with E-state index in [0.29, 0.717) is 0 Å². The predicted molar refractivity (Wildman–Crippen MR) is 70.5 cm³/mol. The Labute approximate surface area is 92.5 Å². The lowest BCUT2D eigenvalue weighted by Gasteiger charge is -2.30. The van der Waals surface area contributed by atoms with Crippen LogP contribution in [0.4, 0.5) is 0 Å². The van der Waals surface area contributed by atoms with Crippen LogP contribution in [0.3, 0.4) is 0 Å². The van der Waals surface area contributed by atoms with Crippen molar-refractivity contribution in [2.45, 2.75) is 75.5 Å². The van der Waals surface area contributed by atoms with Crippen LogP contribution >= 0.6 is 0 Å². The van der Waals surface area contributed by atoms with Crippen LogP contribution < -0.4 is 0 Å². The molecule has 0 aromatic rings. The van der Waals surface area contributed by atoms with E-state index in [0.717, 1.165) is 0 Å². The maximum absolute atomic E-state index is 2.66. The van der Waals surface area contributed by atoms with Crippen LogP contribution in [-0.2, 0) is 0 Å². The summed E-state index contributed by atoms with van der Waals surface area (Å²) >= 11 is 0. The van der Waals surface area contributed by atoms with Crippen molar-refractivity contribution in [3.05, 3.63) is 0 Å². The fourth-order valence-corrected chi connectivity index (χ4v) is 18.4. The lowest BCUT2D eigenvalue weighted by atomic mass is 10.3. The Balaban J connectivity index is 1.98. The highest BCUT2D eigenvalue weighted by Crippen LogP contribution is 2.43. The largest absolute Gasteiger partial charge is 0.0743 e. The van der Waals surface area contributed by atoms with Crippen LogP contribution in [0, 0.1) is 0 Å². The van der Waals surface area contributed by atoms with Gasteiger partial charge < -0.3 is 0 Å². The van der Waals surface area contributed by atoms with Gasteiger partial charge in [0, 0.05) is 16.6 Å². The van der Waals surface area contributed by atoms with Crippen molar-refractivity contribution in [3.63, 3.8) is 0 Å². The second kappa shape index (κ2) is 4.97. The third kappa shape index (κ3) is 2.33. The van der Waals surface area contributed by atoms with E-state index in [4.69, 9.17) is 0 Å². The van der Waals surface area contributed by atoms with Gasteiger partial charge in [-0.1, -0.05) is 64.5 Å². The predicted octanol–water partition coefficient (Wildman–Crippen LogP) is 3.67. The van der Waals surface area contributed by atoms with E-state index >= 15 is 0 Å². The molecule has 2 heteroatoms. The van der Waals surface area contributed by atoms with Gasteiger partial charge in [0.05, 0.1) is 0 Å². The molecule has 0 aromatic heterocycles. The molecule has 0 bridgehead atoms. The smallest absolute Gasteiger partial charge is 0.0336 e. The molecule has 14 heavy (non-hydrogen) atoms. The quantitative estimate of drug-likeness (QED) is 0.644. The molecule has 0 saturated heterocycles. The van der Waals surface area contributed by atoms with E-state index in [1.165, 1.54) is 11.1 Å². The normalized spacial score (nSPS) is 25.7. The van der Waals surface area contributed by atoms with Crippen molar-refractivity contribution in [3.8, 4) is 0 Å². The maximum Gasteiger partial charge on any atom is 0.0336 e. The van der Waals surface area contributed by atoms with Crippen molar-refractivity contribution in [2.24, 2.45) is 0 Å². The average Bonchev–Trinajstić information content (AvgIpc) is 2.75. The van der Waals surface area contributed by atoms with Crippen molar-refractivity contribution in [1.82, 2.24) is 0 Å². The molecule has 2 saturated carbocycles. The summed E-state index contributed by atoms with van der Waals surface area (Å²) in [7, 11) is -0.526. The first kappa shape index (κ1) is 10.9. The van der Waals surface area contributed by atoms with Crippen LogP contribution in [-0.4, -0.2) is 16.6 Å². The molecule has 0 spiro atoms. The molecule has 0 amide bonds. The Morgan fingerprint density at radius 1 is 0.714 bits per heavy atom. The Morgan fingerprint density at radius 2 is 1.07 bits per heavy atom. The minimum Gasteiger partial charge on any atom is -0.0743 e. The monoisotopic (exact) mass is 226 g/mol. The van der Waals surface area contributed by atoms with Crippen LogP contribution in [0.15, 0.2) is 0 Å². The topological polar surface area (TPSA) is 0 Å². The summed E-state index contributed by atoms with van der Waals surface area (Å²) in [4.78, 5) is 0. The van der Waals surface area contributed by atoms with Gasteiger partial charge in [-0.25, -0.2) is 0 Å². The minimum atomic E-state index is -0.273. The van der Waals surface area contributed by atoms with E-state index in [2.05, 4.69) is 13.1 Å². The standard InChI is InChI=1S/C12H26Si2/c1-13(2)14(11-7-3-4-8-11)12-9-5-6-10-12/h11-14H,3-10H2,1-2H3. The summed E-state index contributed by atoms with van der Waals surface area (Å²) in [6.45, 7) is 5.32. The lowest BCUT2D eigenvalue weighted by molar-refractivity contribution is 0.787. The molecular formula is C12H26Si2. The molecule has 0 aliphatic heterocycles. The first-order valence-electron chi connectivity index (χ1n) is 6.79. The Kier molecular flexibility index (Phi) is 3.89. The third-order valence-electron chi connectivity index (χ3n) is 4.66. The van der Waals surface area contributed by atoms with Crippen molar-refractivity contribution >= 4 is 16.6 Å². The maximum atomic E-state index is 2.66. The van der Waals surface area contributed by atoms with Gasteiger partial charge >= 0.3 is 0 Å². The van der Waals surface area contributed by atoms with Crippen LogP contribution in [0.1, 0.15) is 51.4 Å². The molecule has 2 aliphatic carbocycles. The number of hydrogen-bond donors (Lipinski definition) is 0. The van der Waals surface area contributed by atoms with Gasteiger partial charge in [0.15, 0.2) is 0 Å². The Morgan fingerprint density at radius 3 is 1.36 bits per heavy atom. The van der Waals surface area contributed by atoms with Gasteiger partial charge in [0.2, 0.25) is 0 Å². The summed E-state index contributed by atoms with van der Waals surface area (Å²) < 4.78 is 0. The minimum absolute atomic E-state index is 0.253. The molecule has 0 unspecified atom stereocenters. The zero-order valence-corrected chi connectivity index (χ0v) is 12.3. The second-order valence-corrected chi connectivity index (χ2v) is 17.7. The molecular weight excluding hydrogens is 200 g/mol. The molecule has 82 valence electrons. The average molecular weight is 227 g/mol. The van der Waals surface area contributed by atoms with Crippen molar-refractivity contribution in [1.29, 1.82) is 0 Å². The lowest BCUT2D eigenvalue weighted by Crippen LogP contribution is -2.38. The highest BCUT2D eigenvalue weighted by Gasteiger charge is 2.36. The third-order valence-corrected chi connectivity index (χ3v) is 17.6.